The summed E-state index contributed by atoms with van der Waals surface area (Å²) in [5, 5.41) is 2.95. The van der Waals surface area contributed by atoms with Gasteiger partial charge in [-0.3, -0.25) is 0 Å². The van der Waals surface area contributed by atoms with Crippen molar-refractivity contribution in [1.82, 2.24) is 4.72 Å². The molecule has 0 aliphatic rings. The van der Waals surface area contributed by atoms with Gasteiger partial charge in [0.15, 0.2) is 0 Å². The van der Waals surface area contributed by atoms with Gasteiger partial charge in [-0.2, -0.15) is 0 Å². The van der Waals surface area contributed by atoms with Gasteiger partial charge in [-0.15, -0.1) is 6.42 Å². The van der Waals surface area contributed by atoms with Crippen LogP contribution in [0, 0.1) is 19.3 Å². The normalized spacial score (nSPS) is 10.9. The molecule has 0 aliphatic carbocycles. The lowest BCUT2D eigenvalue weighted by Gasteiger charge is -2.13. The van der Waals surface area contributed by atoms with E-state index in [0.29, 0.717) is 5.69 Å². The molecule has 0 amide bonds. The smallest absolute Gasteiger partial charge is 0.242 e. The Hall–Kier alpha value is -2.29. The van der Waals surface area contributed by atoms with Gasteiger partial charge >= 0.3 is 0 Å². The van der Waals surface area contributed by atoms with Crippen LogP contribution >= 0.6 is 0 Å². The third-order valence-corrected chi connectivity index (χ3v) is 4.57. The van der Waals surface area contributed by atoms with Gasteiger partial charge in [0, 0.05) is 6.54 Å². The zero-order valence-corrected chi connectivity index (χ0v) is 13.2. The van der Waals surface area contributed by atoms with Crippen LogP contribution in [0.1, 0.15) is 11.1 Å². The Morgan fingerprint density at radius 2 is 1.86 bits per heavy atom. The molecule has 0 atom stereocenters. The van der Waals surface area contributed by atoms with Crippen molar-refractivity contribution in [2.24, 2.45) is 0 Å². The summed E-state index contributed by atoms with van der Waals surface area (Å²) in [5.41, 5.74) is 2.37. The lowest BCUT2D eigenvalue weighted by atomic mass is 10.2. The summed E-state index contributed by atoms with van der Waals surface area (Å²) < 4.78 is 27.6. The second-order valence-corrected chi connectivity index (χ2v) is 6.60. The molecule has 0 unspecified atom stereocenters. The van der Waals surface area contributed by atoms with Crippen molar-refractivity contribution < 1.29 is 8.42 Å². The van der Waals surface area contributed by atoms with Crippen LogP contribution in [0.3, 0.4) is 0 Å². The number of rotatable bonds is 6. The molecule has 2 aromatic carbocycles. The number of sulfonamides is 1. The molecule has 4 nitrogen and oxygen atoms in total. The summed E-state index contributed by atoms with van der Waals surface area (Å²) in [6.07, 6.45) is 5.23. The quantitative estimate of drug-likeness (QED) is 0.806. The number of hydrogen-bond donors (Lipinski definition) is 2. The zero-order chi connectivity index (χ0) is 16.0. The monoisotopic (exact) mass is 314 g/mol. The zero-order valence-electron chi connectivity index (χ0n) is 12.3. The van der Waals surface area contributed by atoms with Gasteiger partial charge in [-0.05, 0) is 30.2 Å². The summed E-state index contributed by atoms with van der Waals surface area (Å²) in [6.45, 7) is 2.41. The van der Waals surface area contributed by atoms with E-state index < -0.39 is 10.0 Å². The molecule has 2 N–H and O–H groups in total. The SMILES string of the molecule is C#CCNc1cc(C)ccc1S(=O)(=O)NCc1ccccc1. The molecule has 0 fully saturated rings. The Labute approximate surface area is 131 Å². The molecule has 0 aliphatic heterocycles. The third kappa shape index (κ3) is 4.10. The van der Waals surface area contributed by atoms with E-state index in [1.54, 1.807) is 18.2 Å². The van der Waals surface area contributed by atoms with Crippen molar-refractivity contribution in [3.63, 3.8) is 0 Å². The Kier molecular flexibility index (Phi) is 5.21. The maximum atomic E-state index is 12.5. The fraction of sp³-hybridized carbons (Fsp3) is 0.176. The van der Waals surface area contributed by atoms with E-state index in [9.17, 15) is 8.42 Å². The van der Waals surface area contributed by atoms with Crippen LogP contribution in [0.5, 0.6) is 0 Å². The highest BCUT2D eigenvalue weighted by Gasteiger charge is 2.18. The predicted molar refractivity (Wildman–Crippen MR) is 89.0 cm³/mol. The van der Waals surface area contributed by atoms with Crippen LogP contribution in [-0.2, 0) is 16.6 Å². The highest BCUT2D eigenvalue weighted by molar-refractivity contribution is 7.89. The number of nitrogens with one attached hydrogen (secondary N) is 2. The number of hydrogen-bond acceptors (Lipinski definition) is 3. The molecule has 0 radical (unpaired) electrons. The standard InChI is InChI=1S/C17H18N2O2S/c1-3-11-18-16-12-14(2)9-10-17(16)22(20,21)19-13-15-7-5-4-6-8-15/h1,4-10,12,18-19H,11,13H2,2H3. The molecule has 5 heteroatoms. The Morgan fingerprint density at radius 1 is 1.14 bits per heavy atom. The molecule has 2 aromatic rings. The lowest BCUT2D eigenvalue weighted by Crippen LogP contribution is -2.24. The molecule has 22 heavy (non-hydrogen) atoms. The topological polar surface area (TPSA) is 58.2 Å². The van der Waals surface area contributed by atoms with Crippen molar-refractivity contribution in [3.8, 4) is 12.3 Å². The lowest BCUT2D eigenvalue weighted by molar-refractivity contribution is 0.581. The molecule has 114 valence electrons. The van der Waals surface area contributed by atoms with Gasteiger partial charge < -0.3 is 5.32 Å². The van der Waals surface area contributed by atoms with Crippen LogP contribution in [0.25, 0.3) is 0 Å². The van der Waals surface area contributed by atoms with E-state index in [4.69, 9.17) is 6.42 Å². The van der Waals surface area contributed by atoms with Crippen molar-refractivity contribution in [1.29, 1.82) is 0 Å². The average Bonchev–Trinajstić information content (AvgIpc) is 2.52. The number of terminal acetylenes is 1. The molecule has 2 rings (SSSR count). The largest absolute Gasteiger partial charge is 0.373 e. The van der Waals surface area contributed by atoms with E-state index in [2.05, 4.69) is 16.0 Å². The van der Waals surface area contributed by atoms with Crippen LogP contribution in [0.4, 0.5) is 5.69 Å². The Bertz CT molecular complexity index is 778. The highest BCUT2D eigenvalue weighted by Crippen LogP contribution is 2.22. The van der Waals surface area contributed by atoms with Crippen molar-refractivity contribution in [2.45, 2.75) is 18.4 Å². The first-order valence-corrected chi connectivity index (χ1v) is 8.33. The average molecular weight is 314 g/mol. The molecule has 0 bridgehead atoms. The molecular formula is C17H18N2O2S. The molecule has 0 saturated heterocycles. The Morgan fingerprint density at radius 3 is 2.55 bits per heavy atom. The number of aryl methyl sites for hydroxylation is 1. The van der Waals surface area contributed by atoms with Gasteiger partial charge in [0.2, 0.25) is 10.0 Å². The predicted octanol–water partition coefficient (Wildman–Crippen LogP) is 2.52. The fourth-order valence-electron chi connectivity index (χ4n) is 2.01. The second-order valence-electron chi connectivity index (χ2n) is 4.87. The maximum Gasteiger partial charge on any atom is 0.242 e. The first-order valence-electron chi connectivity index (χ1n) is 6.84. The van der Waals surface area contributed by atoms with Gasteiger partial charge in [-0.25, -0.2) is 13.1 Å². The third-order valence-electron chi connectivity index (χ3n) is 3.11. The highest BCUT2D eigenvalue weighted by atomic mass is 32.2. The van der Waals surface area contributed by atoms with Gasteiger partial charge in [-0.1, -0.05) is 42.3 Å². The maximum absolute atomic E-state index is 12.5. The summed E-state index contributed by atoms with van der Waals surface area (Å²) in [6, 6.07) is 14.5. The Balaban J connectivity index is 2.23. The second kappa shape index (κ2) is 7.12. The summed E-state index contributed by atoms with van der Waals surface area (Å²) >= 11 is 0. The molecule has 0 saturated carbocycles. The molecule has 0 spiro atoms. The minimum absolute atomic E-state index is 0.198. The van der Waals surface area contributed by atoms with E-state index in [1.165, 1.54) is 0 Å². The van der Waals surface area contributed by atoms with Gasteiger partial charge in [0.1, 0.15) is 4.90 Å². The molecular weight excluding hydrogens is 296 g/mol. The van der Waals surface area contributed by atoms with Crippen LogP contribution in [-0.4, -0.2) is 15.0 Å². The first kappa shape index (κ1) is 16.1. The van der Waals surface area contributed by atoms with Crippen LogP contribution < -0.4 is 10.0 Å². The van der Waals surface area contributed by atoms with Crippen molar-refractivity contribution >= 4 is 15.7 Å². The van der Waals surface area contributed by atoms with Crippen molar-refractivity contribution in [2.75, 3.05) is 11.9 Å². The number of benzene rings is 2. The van der Waals surface area contributed by atoms with Crippen LogP contribution in [0.2, 0.25) is 0 Å². The van der Waals surface area contributed by atoms with E-state index in [1.807, 2.05) is 37.3 Å². The fourth-order valence-corrected chi connectivity index (χ4v) is 3.19. The van der Waals surface area contributed by atoms with E-state index in [0.717, 1.165) is 11.1 Å². The summed E-state index contributed by atoms with van der Waals surface area (Å²) in [7, 11) is -3.62. The molecule has 0 aromatic heterocycles. The van der Waals surface area contributed by atoms with Crippen molar-refractivity contribution in [3.05, 3.63) is 59.7 Å². The number of anilines is 1. The van der Waals surface area contributed by atoms with E-state index in [-0.39, 0.29) is 18.0 Å². The van der Waals surface area contributed by atoms with Gasteiger partial charge in [0.25, 0.3) is 0 Å². The minimum Gasteiger partial charge on any atom is -0.373 e. The summed E-state index contributed by atoms with van der Waals surface area (Å²) in [5.74, 6) is 2.45. The summed E-state index contributed by atoms with van der Waals surface area (Å²) in [4.78, 5) is 0.198. The van der Waals surface area contributed by atoms with Gasteiger partial charge in [0.05, 0.1) is 12.2 Å². The van der Waals surface area contributed by atoms with E-state index >= 15 is 0 Å². The minimum atomic E-state index is -3.62. The molecule has 0 heterocycles. The van der Waals surface area contributed by atoms with Crippen LogP contribution in [0.15, 0.2) is 53.4 Å². The first-order chi connectivity index (χ1) is 10.5.